The molecule has 0 atom stereocenters. The van der Waals surface area contributed by atoms with E-state index < -0.39 is 34.9 Å². The molecule has 0 amide bonds. The number of hydrogen-bond acceptors (Lipinski definition) is 3. The number of aliphatic hydroxyl groups is 1. The summed E-state index contributed by atoms with van der Waals surface area (Å²) in [7, 11) is 0. The summed E-state index contributed by atoms with van der Waals surface area (Å²) in [5, 5.41) is 27.0. The van der Waals surface area contributed by atoms with Gasteiger partial charge in [0.05, 0.1) is 11.7 Å². The molecule has 0 saturated heterocycles. The molecule has 2 aromatic carbocycles. The van der Waals surface area contributed by atoms with Crippen LogP contribution in [-0.2, 0) is 4.79 Å². The standard InChI is InChI=1S/C23H20F3N3O3/c1-10(2)21-17(12-7-23(32,8-12)22(30)31)18-16(5-11-9-27-28-20(11)19(18)26)29(21)13-3-4-14(24)15(25)6-13/h3-6,9-10,12,32H,7-8H2,1-2H3,(H,27,28)(H,30,31)/t12-,23+. The van der Waals surface area contributed by atoms with Crippen LogP contribution in [0.1, 0.15) is 49.8 Å². The smallest absolute Gasteiger partial charge is 0.335 e. The van der Waals surface area contributed by atoms with Crippen molar-refractivity contribution in [1.82, 2.24) is 14.8 Å². The topological polar surface area (TPSA) is 91.1 Å². The van der Waals surface area contributed by atoms with Crippen LogP contribution in [0.4, 0.5) is 13.2 Å². The molecule has 3 N–H and O–H groups in total. The van der Waals surface area contributed by atoms with Gasteiger partial charge in [-0.3, -0.25) is 5.10 Å². The van der Waals surface area contributed by atoms with Gasteiger partial charge in [-0.05, 0) is 48.4 Å². The summed E-state index contributed by atoms with van der Waals surface area (Å²) < 4.78 is 45.2. The number of carboxylic acid groups (broad SMARTS) is 1. The molecule has 0 spiro atoms. The summed E-state index contributed by atoms with van der Waals surface area (Å²) in [6.07, 6.45) is 1.33. The van der Waals surface area contributed by atoms with Crippen LogP contribution in [0.25, 0.3) is 27.5 Å². The van der Waals surface area contributed by atoms with Gasteiger partial charge in [0.1, 0.15) is 5.52 Å². The van der Waals surface area contributed by atoms with E-state index in [0.717, 1.165) is 12.1 Å². The van der Waals surface area contributed by atoms with Gasteiger partial charge in [0, 0.05) is 28.2 Å². The van der Waals surface area contributed by atoms with E-state index >= 15 is 4.39 Å². The van der Waals surface area contributed by atoms with Gasteiger partial charge in [-0.15, -0.1) is 0 Å². The fourth-order valence-electron chi connectivity index (χ4n) is 4.87. The van der Waals surface area contributed by atoms with Crippen LogP contribution in [0.2, 0.25) is 0 Å². The monoisotopic (exact) mass is 443 g/mol. The van der Waals surface area contributed by atoms with Gasteiger partial charge >= 0.3 is 5.97 Å². The average Bonchev–Trinajstić information content (AvgIpc) is 3.30. The lowest BCUT2D eigenvalue weighted by molar-refractivity contribution is -0.169. The molecule has 5 rings (SSSR count). The van der Waals surface area contributed by atoms with Gasteiger partial charge in [0.25, 0.3) is 0 Å². The Morgan fingerprint density at radius 3 is 2.56 bits per heavy atom. The Balaban J connectivity index is 1.86. The summed E-state index contributed by atoms with van der Waals surface area (Å²) in [5.74, 6) is -4.49. The first-order chi connectivity index (χ1) is 15.1. The zero-order valence-corrected chi connectivity index (χ0v) is 17.3. The van der Waals surface area contributed by atoms with Gasteiger partial charge in [-0.25, -0.2) is 18.0 Å². The van der Waals surface area contributed by atoms with Gasteiger partial charge < -0.3 is 14.8 Å². The first-order valence-electron chi connectivity index (χ1n) is 10.2. The molecule has 0 radical (unpaired) electrons. The molecule has 1 saturated carbocycles. The molecule has 166 valence electrons. The first-order valence-corrected chi connectivity index (χ1v) is 10.2. The quantitative estimate of drug-likeness (QED) is 0.425. The Kier molecular flexibility index (Phi) is 4.39. The fraction of sp³-hybridized carbons (Fsp3) is 0.304. The van der Waals surface area contributed by atoms with E-state index in [2.05, 4.69) is 10.2 Å². The molecule has 2 aromatic heterocycles. The molecule has 1 aliphatic rings. The van der Waals surface area contributed by atoms with E-state index in [-0.39, 0.29) is 29.7 Å². The van der Waals surface area contributed by atoms with Crippen molar-refractivity contribution >= 4 is 27.8 Å². The largest absolute Gasteiger partial charge is 0.479 e. The van der Waals surface area contributed by atoms with Crippen molar-refractivity contribution in [2.24, 2.45) is 0 Å². The number of aromatic nitrogens is 3. The van der Waals surface area contributed by atoms with E-state index in [1.165, 1.54) is 12.3 Å². The van der Waals surface area contributed by atoms with Crippen LogP contribution >= 0.6 is 0 Å². The molecule has 4 aromatic rings. The van der Waals surface area contributed by atoms with Crippen LogP contribution in [0.5, 0.6) is 0 Å². The first kappa shape index (κ1) is 20.6. The Bertz CT molecular complexity index is 1400. The highest BCUT2D eigenvalue weighted by atomic mass is 19.2. The van der Waals surface area contributed by atoms with Crippen LogP contribution in [0.15, 0.2) is 30.5 Å². The number of aromatic amines is 1. The lowest BCUT2D eigenvalue weighted by Crippen LogP contribution is -2.49. The van der Waals surface area contributed by atoms with Crippen molar-refractivity contribution < 1.29 is 28.2 Å². The third-order valence-corrected chi connectivity index (χ3v) is 6.37. The highest BCUT2D eigenvalue weighted by Crippen LogP contribution is 2.51. The van der Waals surface area contributed by atoms with Crippen molar-refractivity contribution in [2.75, 3.05) is 0 Å². The zero-order chi connectivity index (χ0) is 22.9. The number of halogens is 3. The normalized spacial score (nSPS) is 20.9. The fourth-order valence-corrected chi connectivity index (χ4v) is 4.87. The number of nitrogens with one attached hydrogen (secondary N) is 1. The molecule has 0 aliphatic heterocycles. The van der Waals surface area contributed by atoms with Crippen molar-refractivity contribution in [1.29, 1.82) is 0 Å². The highest BCUT2D eigenvalue weighted by Gasteiger charge is 2.51. The molecular formula is C23H20F3N3O3. The maximum absolute atomic E-state index is 15.7. The number of carbonyl (C=O) groups is 1. The van der Waals surface area contributed by atoms with Crippen LogP contribution in [0, 0.1) is 17.5 Å². The second kappa shape index (κ2) is 6.83. The predicted octanol–water partition coefficient (Wildman–Crippen LogP) is 4.74. The highest BCUT2D eigenvalue weighted by molar-refractivity contribution is 6.00. The lowest BCUT2D eigenvalue weighted by atomic mass is 9.66. The van der Waals surface area contributed by atoms with Crippen LogP contribution < -0.4 is 0 Å². The number of rotatable bonds is 4. The predicted molar refractivity (Wildman–Crippen MR) is 111 cm³/mol. The Morgan fingerprint density at radius 2 is 1.94 bits per heavy atom. The number of H-pyrrole nitrogens is 1. The molecule has 1 aliphatic carbocycles. The Hall–Kier alpha value is -3.33. The molecule has 2 heterocycles. The zero-order valence-electron chi connectivity index (χ0n) is 17.3. The van der Waals surface area contributed by atoms with Crippen LogP contribution in [0.3, 0.4) is 0 Å². The molecule has 32 heavy (non-hydrogen) atoms. The second-order valence-electron chi connectivity index (χ2n) is 8.75. The Morgan fingerprint density at radius 1 is 1.22 bits per heavy atom. The summed E-state index contributed by atoms with van der Waals surface area (Å²) in [5.41, 5.74) is 0.307. The van der Waals surface area contributed by atoms with Gasteiger partial charge in [0.2, 0.25) is 0 Å². The summed E-state index contributed by atoms with van der Waals surface area (Å²) in [4.78, 5) is 11.4. The van der Waals surface area contributed by atoms with Crippen LogP contribution in [-0.4, -0.2) is 36.5 Å². The Labute approximate surface area is 180 Å². The lowest BCUT2D eigenvalue weighted by Gasteiger charge is -2.41. The van der Waals surface area contributed by atoms with E-state index in [9.17, 15) is 23.8 Å². The minimum Gasteiger partial charge on any atom is -0.479 e. The van der Waals surface area contributed by atoms with Crippen molar-refractivity contribution in [3.05, 3.63) is 59.2 Å². The van der Waals surface area contributed by atoms with Gasteiger partial charge in [-0.1, -0.05) is 13.8 Å². The third kappa shape index (κ3) is 2.77. The molecule has 0 bridgehead atoms. The molecule has 1 fully saturated rings. The number of aliphatic carboxylic acids is 1. The minimum atomic E-state index is -1.87. The minimum absolute atomic E-state index is 0.0700. The summed E-state index contributed by atoms with van der Waals surface area (Å²) in [6, 6.07) is 5.20. The SMILES string of the molecule is CC(C)c1c([C@H]2C[C@](O)(C(=O)O)C2)c2c(F)c3[nH]ncc3cc2n1-c1ccc(F)c(F)c1. The number of hydrogen-bond donors (Lipinski definition) is 3. The van der Waals surface area contributed by atoms with E-state index in [0.29, 0.717) is 27.8 Å². The average molecular weight is 443 g/mol. The van der Waals surface area contributed by atoms with Gasteiger partial charge in [0.15, 0.2) is 23.1 Å². The van der Waals surface area contributed by atoms with Crippen molar-refractivity contribution in [2.45, 2.75) is 44.1 Å². The molecule has 6 nitrogen and oxygen atoms in total. The van der Waals surface area contributed by atoms with E-state index in [1.54, 1.807) is 10.6 Å². The molecular weight excluding hydrogens is 423 g/mol. The summed E-state index contributed by atoms with van der Waals surface area (Å²) >= 11 is 0. The van der Waals surface area contributed by atoms with Gasteiger partial charge in [-0.2, -0.15) is 5.10 Å². The maximum Gasteiger partial charge on any atom is 0.335 e. The number of fused-ring (bicyclic) bond motifs is 2. The number of carboxylic acids is 1. The van der Waals surface area contributed by atoms with Crippen molar-refractivity contribution in [3.8, 4) is 5.69 Å². The number of nitrogens with zero attached hydrogens (tertiary/aromatic N) is 2. The van der Waals surface area contributed by atoms with E-state index in [4.69, 9.17) is 0 Å². The maximum atomic E-state index is 15.7. The number of benzene rings is 2. The second-order valence-corrected chi connectivity index (χ2v) is 8.75. The third-order valence-electron chi connectivity index (χ3n) is 6.37. The van der Waals surface area contributed by atoms with Crippen molar-refractivity contribution in [3.63, 3.8) is 0 Å². The molecule has 0 unspecified atom stereocenters. The molecule has 9 heteroatoms. The summed E-state index contributed by atoms with van der Waals surface area (Å²) in [6.45, 7) is 3.78. The van der Waals surface area contributed by atoms with E-state index in [1.807, 2.05) is 13.8 Å².